The van der Waals surface area contributed by atoms with E-state index in [1.165, 1.54) is 17.7 Å². The Balaban J connectivity index is 1.97. The van der Waals surface area contributed by atoms with E-state index in [2.05, 4.69) is 0 Å². The number of hydrogen-bond donors (Lipinski definition) is 0. The molecule has 0 N–H and O–H groups in total. The fourth-order valence-corrected chi connectivity index (χ4v) is 1.94. The van der Waals surface area contributed by atoms with Gasteiger partial charge in [0.2, 0.25) is 0 Å². The van der Waals surface area contributed by atoms with Crippen molar-refractivity contribution in [3.05, 3.63) is 30.5 Å². The Hall–Kier alpha value is -1.48. The number of likely N-dealkylation sites (N-methyl/N-ethyl adjacent to an activating group) is 1. The van der Waals surface area contributed by atoms with Gasteiger partial charge in [0.05, 0.1) is 8.85 Å². The zero-order chi connectivity index (χ0) is 20.2. The lowest BCUT2D eigenvalue weighted by Crippen LogP contribution is -2.28. The molecule has 19 heavy (non-hydrogen) atoms. The van der Waals surface area contributed by atoms with Gasteiger partial charge in [-0.25, -0.2) is 0 Å². The second kappa shape index (κ2) is 4.89. The fourth-order valence-electron chi connectivity index (χ4n) is 1.94. The van der Waals surface area contributed by atoms with E-state index in [9.17, 15) is 0 Å². The van der Waals surface area contributed by atoms with E-state index in [0.29, 0.717) is 11.3 Å². The second-order valence-electron chi connectivity index (χ2n) is 4.90. The predicted octanol–water partition coefficient (Wildman–Crippen LogP) is 3.13. The number of benzene rings is 1. The van der Waals surface area contributed by atoms with Crippen molar-refractivity contribution in [1.82, 2.24) is 9.47 Å². The topological polar surface area (TPSA) is 17.4 Å². The first-order valence-electron chi connectivity index (χ1n) is 10.4. The summed E-state index contributed by atoms with van der Waals surface area (Å²) in [6.45, 7) is -6.93. The molecule has 1 aliphatic rings. The molecule has 1 aromatic carbocycles. The Morgan fingerprint density at radius 2 is 2.32 bits per heavy atom. The second-order valence-corrected chi connectivity index (χ2v) is 4.90. The van der Waals surface area contributed by atoms with Gasteiger partial charge in [-0.3, -0.25) is 0 Å². The third-order valence-electron chi connectivity index (χ3n) is 3.20. The molecule has 1 atom stereocenters. The van der Waals surface area contributed by atoms with Crippen LogP contribution in [0, 0.1) is 0 Å². The molecular weight excluding hydrogens is 236 g/mol. The third-order valence-corrected chi connectivity index (χ3v) is 3.20. The zero-order valence-electron chi connectivity index (χ0n) is 18.8. The van der Waals surface area contributed by atoms with Crippen LogP contribution >= 0.6 is 0 Å². The maximum absolute atomic E-state index is 8.50. The minimum absolute atomic E-state index is 0.239. The number of nitrogens with zero attached hydrogens (tertiary/aromatic N) is 2. The van der Waals surface area contributed by atoms with E-state index in [0.717, 1.165) is 18.2 Å². The predicted molar refractivity (Wildman–Crippen MR) is 78.7 cm³/mol. The Morgan fingerprint density at radius 1 is 1.47 bits per heavy atom. The van der Waals surface area contributed by atoms with Gasteiger partial charge in [-0.15, -0.1) is 0 Å². The van der Waals surface area contributed by atoms with E-state index in [1.54, 1.807) is 24.3 Å². The smallest absolute Gasteiger partial charge is 0.120 e. The first-order chi connectivity index (χ1) is 12.3. The fraction of sp³-hybridized carbons (Fsp3) is 0.500. The van der Waals surface area contributed by atoms with Gasteiger partial charge < -0.3 is 14.2 Å². The molecule has 1 heterocycles. The van der Waals surface area contributed by atoms with Crippen LogP contribution in [0.4, 0.5) is 0 Å². The lowest BCUT2D eigenvalue weighted by atomic mass is 10.2. The van der Waals surface area contributed by atoms with Gasteiger partial charge in [0.25, 0.3) is 0 Å². The summed E-state index contributed by atoms with van der Waals surface area (Å²) >= 11 is 0. The molecule has 0 aliphatic heterocycles. The highest BCUT2D eigenvalue weighted by Gasteiger charge is 2.23. The van der Waals surface area contributed by atoms with Crippen LogP contribution in [0.1, 0.15) is 30.7 Å². The molecule has 3 rings (SSSR count). The average Bonchev–Trinajstić information content (AvgIpc) is 3.20. The van der Waals surface area contributed by atoms with Crippen molar-refractivity contribution in [3.8, 4) is 5.75 Å². The SMILES string of the molecule is [2H]C([2H])([2H])N([C@H](C)C([2H])([2H])n1ccc2cc(OC3CC3)ccc21)C([2H])([2H])[2H]. The number of ether oxygens (including phenoxy) is 1. The average molecular weight is 266 g/mol. The van der Waals surface area contributed by atoms with Gasteiger partial charge in [-0.2, -0.15) is 0 Å². The first-order valence-corrected chi connectivity index (χ1v) is 6.39. The summed E-state index contributed by atoms with van der Waals surface area (Å²) in [7, 11) is 0. The van der Waals surface area contributed by atoms with Crippen LogP contribution in [0.3, 0.4) is 0 Å². The molecule has 3 heteroatoms. The standard InChI is InChI=1S/C16H22N2O/c1-12(17(2)3)11-18-9-8-13-10-15(6-7-16(13)18)19-14-4-5-14/h6-10,12,14H,4-5,11H2,1-3H3/t12-/m1/s1/i2D3,3D3,11D2. The van der Waals surface area contributed by atoms with Crippen LogP contribution in [-0.4, -0.2) is 35.6 Å². The molecule has 0 radical (unpaired) electrons. The quantitative estimate of drug-likeness (QED) is 0.827. The van der Waals surface area contributed by atoms with E-state index in [-0.39, 0.29) is 11.0 Å². The zero-order valence-corrected chi connectivity index (χ0v) is 10.8. The van der Waals surface area contributed by atoms with E-state index in [4.69, 9.17) is 15.7 Å². The van der Waals surface area contributed by atoms with Crippen LogP contribution in [0.5, 0.6) is 5.75 Å². The van der Waals surface area contributed by atoms with Crippen LogP contribution in [0.15, 0.2) is 30.5 Å². The maximum atomic E-state index is 8.50. The number of hydrogen-bond acceptors (Lipinski definition) is 2. The van der Waals surface area contributed by atoms with E-state index < -0.39 is 26.5 Å². The van der Waals surface area contributed by atoms with Crippen molar-refractivity contribution in [2.75, 3.05) is 14.0 Å². The van der Waals surface area contributed by atoms with E-state index >= 15 is 0 Å². The van der Waals surface area contributed by atoms with Crippen molar-refractivity contribution in [3.63, 3.8) is 0 Å². The summed E-state index contributed by atoms with van der Waals surface area (Å²) in [6, 6.07) is 5.51. The monoisotopic (exact) mass is 266 g/mol. The molecule has 2 aromatic rings. The minimum Gasteiger partial charge on any atom is -0.490 e. The summed E-state index contributed by atoms with van der Waals surface area (Å²) in [5.41, 5.74) is 0.533. The molecular formula is C16H22N2O. The molecule has 102 valence electrons. The molecule has 0 spiro atoms. The third kappa shape index (κ3) is 2.76. The molecule has 1 aliphatic carbocycles. The van der Waals surface area contributed by atoms with Crippen molar-refractivity contribution in [1.29, 1.82) is 0 Å². The van der Waals surface area contributed by atoms with Gasteiger partial charge in [0.1, 0.15) is 5.75 Å². The Kier molecular flexibility index (Phi) is 1.63. The van der Waals surface area contributed by atoms with Crippen LogP contribution in [0.25, 0.3) is 10.9 Å². The van der Waals surface area contributed by atoms with Crippen molar-refractivity contribution in [2.45, 2.75) is 38.4 Å². The van der Waals surface area contributed by atoms with Crippen LogP contribution in [-0.2, 0) is 6.50 Å². The van der Waals surface area contributed by atoms with E-state index in [1.807, 2.05) is 0 Å². The highest BCUT2D eigenvalue weighted by molar-refractivity contribution is 5.81. The first kappa shape index (κ1) is 6.31. The molecule has 1 aromatic heterocycles. The number of rotatable bonds is 5. The van der Waals surface area contributed by atoms with Crippen molar-refractivity contribution < 1.29 is 15.7 Å². The Bertz CT molecular complexity index is 808. The molecule has 0 bridgehead atoms. The molecule has 3 nitrogen and oxygen atoms in total. The summed E-state index contributed by atoms with van der Waals surface area (Å²) in [4.78, 5) is 0.274. The maximum Gasteiger partial charge on any atom is 0.120 e. The van der Waals surface area contributed by atoms with Crippen molar-refractivity contribution in [2.24, 2.45) is 0 Å². The van der Waals surface area contributed by atoms with Gasteiger partial charge in [0, 0.05) is 37.9 Å². The number of aromatic nitrogens is 1. The Labute approximate surface area is 126 Å². The van der Waals surface area contributed by atoms with Crippen LogP contribution in [0.2, 0.25) is 0 Å². The lowest BCUT2D eigenvalue weighted by Gasteiger charge is -2.20. The summed E-state index contributed by atoms with van der Waals surface area (Å²) in [5, 5.41) is 0.735. The molecule has 0 saturated heterocycles. The highest BCUT2D eigenvalue weighted by atomic mass is 16.5. The minimum atomic E-state index is -2.97. The Morgan fingerprint density at radius 3 is 3.05 bits per heavy atom. The van der Waals surface area contributed by atoms with Gasteiger partial charge in [0.15, 0.2) is 0 Å². The largest absolute Gasteiger partial charge is 0.490 e. The molecule has 1 fully saturated rings. The molecule has 1 saturated carbocycles. The molecule has 0 unspecified atom stereocenters. The van der Waals surface area contributed by atoms with Crippen LogP contribution < -0.4 is 4.74 Å². The van der Waals surface area contributed by atoms with Gasteiger partial charge in [-0.05, 0) is 58.0 Å². The molecule has 0 amide bonds. The number of fused-ring (bicyclic) bond motifs is 1. The van der Waals surface area contributed by atoms with Gasteiger partial charge >= 0.3 is 0 Å². The summed E-state index contributed by atoms with van der Waals surface area (Å²) in [6.07, 6.45) is 3.79. The normalized spacial score (nSPS) is 25.4. The van der Waals surface area contributed by atoms with Gasteiger partial charge in [-0.1, -0.05) is 0 Å². The lowest BCUT2D eigenvalue weighted by molar-refractivity contribution is 0.286. The highest BCUT2D eigenvalue weighted by Crippen LogP contribution is 2.29. The van der Waals surface area contributed by atoms with Crippen molar-refractivity contribution >= 4 is 10.9 Å². The summed E-state index contributed by atoms with van der Waals surface area (Å²) < 4.78 is 69.3. The summed E-state index contributed by atoms with van der Waals surface area (Å²) in [5.74, 6) is 0.697.